The molecule has 3 N–H and O–H groups in total. The normalized spacial score (nSPS) is 24.8. The summed E-state index contributed by atoms with van der Waals surface area (Å²) in [5, 5.41) is 9.99. The Kier molecular flexibility index (Phi) is 9.44. The van der Waals surface area contributed by atoms with Crippen LogP contribution in [0.1, 0.15) is 62.8 Å². The van der Waals surface area contributed by atoms with E-state index in [1.54, 1.807) is 0 Å². The van der Waals surface area contributed by atoms with Gasteiger partial charge in [0.25, 0.3) is 0 Å². The first kappa shape index (κ1) is 24.3. The van der Waals surface area contributed by atoms with Crippen molar-refractivity contribution in [1.82, 2.24) is 15.5 Å². The second-order valence-electron chi connectivity index (χ2n) is 9.17. The maximum absolute atomic E-state index is 12.1. The molecule has 0 bridgehead atoms. The highest BCUT2D eigenvalue weighted by Gasteiger charge is 2.28. The summed E-state index contributed by atoms with van der Waals surface area (Å²) in [6.45, 7) is 4.16. The number of halogens is 1. The monoisotopic (exact) mass is 539 g/mol. The van der Waals surface area contributed by atoms with Crippen LogP contribution in [0.4, 0.5) is 5.69 Å². The zero-order chi connectivity index (χ0) is 20.8. The molecule has 31 heavy (non-hydrogen) atoms. The van der Waals surface area contributed by atoms with E-state index in [-0.39, 0.29) is 35.8 Å². The van der Waals surface area contributed by atoms with Crippen molar-refractivity contribution in [2.75, 3.05) is 38.5 Å². The van der Waals surface area contributed by atoms with Crippen LogP contribution in [0.15, 0.2) is 29.3 Å². The SMILES string of the molecule is CN=C(NCC1CC(=O)Nc2ccccc21)NCC1CCCN1CC1CCCCC1.I. The molecule has 0 aromatic heterocycles. The molecule has 1 aromatic carbocycles. The molecular weight excluding hydrogens is 501 g/mol. The van der Waals surface area contributed by atoms with Gasteiger partial charge in [0.05, 0.1) is 0 Å². The molecular formula is C24H38IN5O. The van der Waals surface area contributed by atoms with Crippen LogP contribution >= 0.6 is 24.0 Å². The molecule has 7 heteroatoms. The van der Waals surface area contributed by atoms with E-state index in [0.29, 0.717) is 19.0 Å². The van der Waals surface area contributed by atoms with E-state index in [4.69, 9.17) is 0 Å². The lowest BCUT2D eigenvalue weighted by Gasteiger charge is -2.31. The van der Waals surface area contributed by atoms with E-state index in [9.17, 15) is 4.79 Å². The lowest BCUT2D eigenvalue weighted by atomic mass is 9.89. The highest BCUT2D eigenvalue weighted by molar-refractivity contribution is 14.0. The fourth-order valence-electron chi connectivity index (χ4n) is 5.41. The Morgan fingerprint density at radius 2 is 1.87 bits per heavy atom. The average Bonchev–Trinajstić information content (AvgIpc) is 3.21. The van der Waals surface area contributed by atoms with E-state index in [1.807, 2.05) is 25.2 Å². The van der Waals surface area contributed by atoms with Crippen molar-refractivity contribution >= 4 is 41.5 Å². The first-order valence-electron chi connectivity index (χ1n) is 11.8. The quantitative estimate of drug-likeness (QED) is 0.291. The van der Waals surface area contributed by atoms with Gasteiger partial charge < -0.3 is 16.0 Å². The van der Waals surface area contributed by atoms with Crippen LogP contribution in [0, 0.1) is 5.92 Å². The predicted octanol–water partition coefficient (Wildman–Crippen LogP) is 3.94. The number of para-hydroxylation sites is 1. The Morgan fingerprint density at radius 3 is 2.68 bits per heavy atom. The Bertz CT molecular complexity index is 749. The first-order valence-corrected chi connectivity index (χ1v) is 11.8. The smallest absolute Gasteiger partial charge is 0.225 e. The molecule has 1 aromatic rings. The van der Waals surface area contributed by atoms with Crippen molar-refractivity contribution in [1.29, 1.82) is 0 Å². The van der Waals surface area contributed by atoms with Crippen LogP contribution in [-0.2, 0) is 4.79 Å². The molecule has 2 atom stereocenters. The summed E-state index contributed by atoms with van der Waals surface area (Å²) in [6, 6.07) is 8.70. The van der Waals surface area contributed by atoms with Gasteiger partial charge in [-0.2, -0.15) is 0 Å². The van der Waals surface area contributed by atoms with Gasteiger partial charge >= 0.3 is 0 Å². The van der Waals surface area contributed by atoms with Crippen LogP contribution < -0.4 is 16.0 Å². The number of aliphatic imine (C=N–C) groups is 1. The Balaban J connectivity index is 0.00000272. The third-order valence-electron chi connectivity index (χ3n) is 7.07. The molecule has 172 valence electrons. The van der Waals surface area contributed by atoms with Gasteiger partial charge in [0.15, 0.2) is 5.96 Å². The molecule has 1 saturated heterocycles. The maximum Gasteiger partial charge on any atom is 0.225 e. The van der Waals surface area contributed by atoms with E-state index in [2.05, 4.69) is 31.9 Å². The minimum absolute atomic E-state index is 0. The molecule has 2 aliphatic heterocycles. The number of carbonyl (C=O) groups excluding carboxylic acids is 1. The Morgan fingerprint density at radius 1 is 1.10 bits per heavy atom. The molecule has 0 radical (unpaired) electrons. The third-order valence-corrected chi connectivity index (χ3v) is 7.07. The van der Waals surface area contributed by atoms with Gasteiger partial charge in [0.2, 0.25) is 5.91 Å². The molecule has 2 unspecified atom stereocenters. The molecule has 4 rings (SSSR count). The largest absolute Gasteiger partial charge is 0.356 e. The average molecular weight is 540 g/mol. The third kappa shape index (κ3) is 6.57. The molecule has 2 heterocycles. The fourth-order valence-corrected chi connectivity index (χ4v) is 5.41. The van der Waals surface area contributed by atoms with E-state index in [0.717, 1.165) is 24.1 Å². The summed E-state index contributed by atoms with van der Waals surface area (Å²) in [5.41, 5.74) is 2.14. The fraction of sp³-hybridized carbons (Fsp3) is 0.667. The van der Waals surface area contributed by atoms with E-state index >= 15 is 0 Å². The number of anilines is 1. The van der Waals surface area contributed by atoms with Gasteiger partial charge in [-0.1, -0.05) is 37.5 Å². The van der Waals surface area contributed by atoms with Crippen molar-refractivity contribution in [3.8, 4) is 0 Å². The van der Waals surface area contributed by atoms with Crippen LogP contribution in [0.3, 0.4) is 0 Å². The maximum atomic E-state index is 12.1. The molecule has 6 nitrogen and oxygen atoms in total. The van der Waals surface area contributed by atoms with Gasteiger partial charge in [-0.3, -0.25) is 14.7 Å². The van der Waals surface area contributed by atoms with Crippen LogP contribution in [0.2, 0.25) is 0 Å². The molecule has 3 aliphatic rings. The van der Waals surface area contributed by atoms with Crippen molar-refractivity contribution in [3.63, 3.8) is 0 Å². The number of hydrogen-bond donors (Lipinski definition) is 3. The molecule has 2 fully saturated rings. The van der Waals surface area contributed by atoms with Crippen LogP contribution in [0.25, 0.3) is 0 Å². The first-order chi connectivity index (χ1) is 14.7. The summed E-state index contributed by atoms with van der Waals surface area (Å²) in [6.07, 6.45) is 10.2. The summed E-state index contributed by atoms with van der Waals surface area (Å²) < 4.78 is 0. The second-order valence-corrected chi connectivity index (χ2v) is 9.17. The standard InChI is InChI=1S/C24H37N5O.HI/c1-25-24(26-15-19-14-23(30)28-22-12-6-5-11-21(19)22)27-16-20-10-7-13-29(20)17-18-8-3-2-4-9-18;/h5-6,11-12,18-20H,2-4,7-10,13-17H2,1H3,(H,28,30)(H2,25,26,27);1H. The number of fused-ring (bicyclic) bond motifs is 1. The Labute approximate surface area is 204 Å². The van der Waals surface area contributed by atoms with Crippen molar-refractivity contribution in [2.24, 2.45) is 10.9 Å². The number of benzene rings is 1. The van der Waals surface area contributed by atoms with Gasteiger partial charge in [-0.05, 0) is 49.8 Å². The van der Waals surface area contributed by atoms with Gasteiger partial charge in [-0.25, -0.2) is 0 Å². The lowest BCUT2D eigenvalue weighted by Crippen LogP contribution is -2.47. The molecule has 0 spiro atoms. The number of likely N-dealkylation sites (tertiary alicyclic amines) is 1. The van der Waals surface area contributed by atoms with Gasteiger partial charge in [-0.15, -0.1) is 24.0 Å². The number of nitrogens with one attached hydrogen (secondary N) is 3. The van der Waals surface area contributed by atoms with Gasteiger partial charge in [0, 0.05) is 50.7 Å². The highest BCUT2D eigenvalue weighted by atomic mass is 127. The van der Waals surface area contributed by atoms with E-state index in [1.165, 1.54) is 63.6 Å². The number of carbonyl (C=O) groups is 1. The predicted molar refractivity (Wildman–Crippen MR) is 138 cm³/mol. The number of rotatable bonds is 6. The van der Waals surface area contributed by atoms with Gasteiger partial charge in [0.1, 0.15) is 0 Å². The number of hydrogen-bond acceptors (Lipinski definition) is 3. The summed E-state index contributed by atoms with van der Waals surface area (Å²) >= 11 is 0. The molecule has 1 aliphatic carbocycles. The number of nitrogens with zero attached hydrogens (tertiary/aromatic N) is 2. The highest BCUT2D eigenvalue weighted by Crippen LogP contribution is 2.31. The minimum Gasteiger partial charge on any atom is -0.356 e. The summed E-state index contributed by atoms with van der Waals surface area (Å²) in [5.74, 6) is 1.99. The molecule has 1 saturated carbocycles. The number of guanidine groups is 1. The zero-order valence-corrected chi connectivity index (χ0v) is 21.1. The zero-order valence-electron chi connectivity index (χ0n) is 18.7. The topological polar surface area (TPSA) is 68.8 Å². The van der Waals surface area contributed by atoms with Crippen molar-refractivity contribution in [2.45, 2.75) is 63.3 Å². The van der Waals surface area contributed by atoms with Crippen molar-refractivity contribution in [3.05, 3.63) is 29.8 Å². The van der Waals surface area contributed by atoms with E-state index < -0.39 is 0 Å². The second kappa shape index (κ2) is 12.0. The summed E-state index contributed by atoms with van der Waals surface area (Å²) in [4.78, 5) is 19.2. The van der Waals surface area contributed by atoms with Crippen LogP contribution in [0.5, 0.6) is 0 Å². The minimum atomic E-state index is 0. The van der Waals surface area contributed by atoms with Crippen molar-refractivity contribution < 1.29 is 4.79 Å². The lowest BCUT2D eigenvalue weighted by molar-refractivity contribution is -0.116. The summed E-state index contributed by atoms with van der Waals surface area (Å²) in [7, 11) is 1.82. The molecule has 1 amide bonds. The van der Waals surface area contributed by atoms with Crippen LogP contribution in [-0.4, -0.2) is 56.0 Å². The number of amides is 1. The Hall–Kier alpha value is -1.35.